The molecule has 21 heavy (non-hydrogen) atoms. The van der Waals surface area contributed by atoms with E-state index in [1.807, 2.05) is 0 Å². The summed E-state index contributed by atoms with van der Waals surface area (Å²) in [6, 6.07) is 3.51. The number of anilines is 1. The van der Waals surface area contributed by atoms with Gasteiger partial charge < -0.3 is 15.2 Å². The lowest BCUT2D eigenvalue weighted by molar-refractivity contribution is 0.304. The molecule has 2 N–H and O–H groups in total. The topological polar surface area (TPSA) is 88.1 Å². The van der Waals surface area contributed by atoms with Gasteiger partial charge in [-0.2, -0.15) is 0 Å². The number of nitrogen functional groups attached to an aromatic ring is 1. The highest BCUT2D eigenvalue weighted by Gasteiger charge is 2.25. The molecular formula is C14H21N5O2. The Morgan fingerprint density at radius 1 is 1.19 bits per heavy atom. The monoisotopic (exact) mass is 291 g/mol. The number of methoxy groups -OCH3 is 2. The Balaban J connectivity index is 2.61. The summed E-state index contributed by atoms with van der Waals surface area (Å²) in [6.07, 6.45) is 0.887. The molecule has 0 aliphatic rings. The van der Waals surface area contributed by atoms with E-state index in [1.165, 1.54) is 0 Å². The second-order valence-electron chi connectivity index (χ2n) is 5.37. The maximum Gasteiger partial charge on any atom is 0.184 e. The molecule has 7 heteroatoms. The number of nitrogens with zero attached hydrogens (tertiary/aromatic N) is 4. The first-order chi connectivity index (χ1) is 9.94. The van der Waals surface area contributed by atoms with Crippen LogP contribution in [0.2, 0.25) is 0 Å². The van der Waals surface area contributed by atoms with Gasteiger partial charge in [-0.25, -0.2) is 4.68 Å². The van der Waals surface area contributed by atoms with Gasteiger partial charge in [0.05, 0.1) is 19.8 Å². The Morgan fingerprint density at radius 2 is 1.81 bits per heavy atom. The van der Waals surface area contributed by atoms with Gasteiger partial charge in [-0.3, -0.25) is 0 Å². The fourth-order valence-corrected chi connectivity index (χ4v) is 2.00. The third kappa shape index (κ3) is 2.63. The molecule has 1 aromatic carbocycles. The zero-order valence-electron chi connectivity index (χ0n) is 13.0. The van der Waals surface area contributed by atoms with Crippen LogP contribution in [0.4, 0.5) is 5.69 Å². The van der Waals surface area contributed by atoms with E-state index in [9.17, 15) is 0 Å². The zero-order chi connectivity index (χ0) is 15.6. The maximum absolute atomic E-state index is 6.12. The molecule has 2 rings (SSSR count). The third-order valence-electron chi connectivity index (χ3n) is 3.70. The molecular weight excluding hydrogens is 270 g/mol. The molecule has 0 aliphatic heterocycles. The van der Waals surface area contributed by atoms with Gasteiger partial charge in [-0.15, -0.1) is 5.10 Å². The number of nitrogens with two attached hydrogens (primary N) is 1. The van der Waals surface area contributed by atoms with Gasteiger partial charge in [0.25, 0.3) is 0 Å². The summed E-state index contributed by atoms with van der Waals surface area (Å²) in [5.74, 6) is 1.78. The first-order valence-corrected chi connectivity index (χ1v) is 6.75. The largest absolute Gasteiger partial charge is 0.493 e. The van der Waals surface area contributed by atoms with Crippen LogP contribution in [0.1, 0.15) is 27.2 Å². The van der Waals surface area contributed by atoms with Crippen LogP contribution in [0, 0.1) is 0 Å². The van der Waals surface area contributed by atoms with Crippen LogP contribution in [-0.4, -0.2) is 34.4 Å². The highest BCUT2D eigenvalue weighted by atomic mass is 16.5. The van der Waals surface area contributed by atoms with E-state index >= 15 is 0 Å². The van der Waals surface area contributed by atoms with E-state index in [0.29, 0.717) is 23.0 Å². The van der Waals surface area contributed by atoms with Crippen molar-refractivity contribution in [3.05, 3.63) is 12.1 Å². The van der Waals surface area contributed by atoms with Gasteiger partial charge >= 0.3 is 0 Å². The minimum Gasteiger partial charge on any atom is -0.493 e. The molecule has 0 spiro atoms. The Hall–Kier alpha value is -2.31. The van der Waals surface area contributed by atoms with Crippen molar-refractivity contribution >= 4 is 5.69 Å². The molecule has 0 amide bonds. The Morgan fingerprint density at radius 3 is 2.38 bits per heavy atom. The van der Waals surface area contributed by atoms with Crippen LogP contribution in [0.3, 0.4) is 0 Å². The van der Waals surface area contributed by atoms with Crippen molar-refractivity contribution in [1.29, 1.82) is 0 Å². The van der Waals surface area contributed by atoms with E-state index < -0.39 is 0 Å². The molecule has 0 radical (unpaired) electrons. The number of ether oxygens (including phenoxy) is 2. The number of aromatic nitrogens is 4. The zero-order valence-corrected chi connectivity index (χ0v) is 13.0. The predicted octanol–water partition coefficient (Wildman–Crippen LogP) is 2.08. The minimum atomic E-state index is -0.210. The number of rotatable bonds is 5. The summed E-state index contributed by atoms with van der Waals surface area (Å²) in [6.45, 7) is 6.23. The second-order valence-corrected chi connectivity index (χ2v) is 5.37. The van der Waals surface area contributed by atoms with E-state index in [1.54, 1.807) is 31.0 Å². The molecule has 0 aliphatic carbocycles. The van der Waals surface area contributed by atoms with Crippen LogP contribution in [0.5, 0.6) is 11.5 Å². The quantitative estimate of drug-likeness (QED) is 0.849. The van der Waals surface area contributed by atoms with E-state index in [2.05, 4.69) is 36.3 Å². The number of benzene rings is 1. The summed E-state index contributed by atoms with van der Waals surface area (Å²) in [7, 11) is 3.15. The van der Waals surface area contributed by atoms with Gasteiger partial charge in [0.15, 0.2) is 17.3 Å². The van der Waals surface area contributed by atoms with Gasteiger partial charge in [0, 0.05) is 17.3 Å². The predicted molar refractivity (Wildman–Crippen MR) is 80.4 cm³/mol. The molecule has 114 valence electrons. The second kappa shape index (κ2) is 5.59. The Bertz CT molecular complexity index is 636. The van der Waals surface area contributed by atoms with Crippen molar-refractivity contribution in [3.8, 4) is 22.9 Å². The lowest BCUT2D eigenvalue weighted by Gasteiger charge is -2.24. The molecule has 0 atom stereocenters. The van der Waals surface area contributed by atoms with Gasteiger partial charge in [0.2, 0.25) is 0 Å². The summed E-state index contributed by atoms with van der Waals surface area (Å²) < 4.78 is 12.4. The van der Waals surface area contributed by atoms with Crippen molar-refractivity contribution in [1.82, 2.24) is 20.2 Å². The standard InChI is InChI=1S/C14H21N5O2/c1-6-14(2,3)19-13(16-17-18-19)9-7-11(20-4)12(21-5)8-10(9)15/h7-8H,6,15H2,1-5H3. The lowest BCUT2D eigenvalue weighted by atomic mass is 10.0. The summed E-state index contributed by atoms with van der Waals surface area (Å²) in [4.78, 5) is 0. The summed E-state index contributed by atoms with van der Waals surface area (Å²) >= 11 is 0. The first-order valence-electron chi connectivity index (χ1n) is 6.75. The summed E-state index contributed by atoms with van der Waals surface area (Å²) in [5.41, 5.74) is 7.17. The molecule has 0 fully saturated rings. The van der Waals surface area contributed by atoms with Crippen LogP contribution < -0.4 is 15.2 Å². The lowest BCUT2D eigenvalue weighted by Crippen LogP contribution is -2.27. The van der Waals surface area contributed by atoms with E-state index in [4.69, 9.17) is 15.2 Å². The normalized spacial score (nSPS) is 11.5. The minimum absolute atomic E-state index is 0.210. The van der Waals surface area contributed by atoms with Crippen LogP contribution in [0.15, 0.2) is 12.1 Å². The van der Waals surface area contributed by atoms with Crippen molar-refractivity contribution in [3.63, 3.8) is 0 Å². The van der Waals surface area contributed by atoms with Crippen molar-refractivity contribution in [2.24, 2.45) is 0 Å². The highest BCUT2D eigenvalue weighted by molar-refractivity contribution is 5.76. The highest BCUT2D eigenvalue weighted by Crippen LogP contribution is 2.37. The molecule has 0 bridgehead atoms. The molecule has 2 aromatic rings. The average Bonchev–Trinajstić information content (AvgIpc) is 2.96. The number of hydrogen-bond donors (Lipinski definition) is 1. The molecule has 0 saturated heterocycles. The van der Waals surface area contributed by atoms with E-state index in [-0.39, 0.29) is 5.54 Å². The fourth-order valence-electron chi connectivity index (χ4n) is 2.00. The number of hydrogen-bond acceptors (Lipinski definition) is 6. The molecule has 1 heterocycles. The molecule has 0 saturated carbocycles. The third-order valence-corrected chi connectivity index (χ3v) is 3.70. The smallest absolute Gasteiger partial charge is 0.184 e. The fraction of sp³-hybridized carbons (Fsp3) is 0.500. The van der Waals surface area contributed by atoms with Crippen LogP contribution in [0.25, 0.3) is 11.4 Å². The van der Waals surface area contributed by atoms with Gasteiger partial charge in [-0.1, -0.05) is 6.92 Å². The molecule has 7 nitrogen and oxygen atoms in total. The number of tetrazole rings is 1. The summed E-state index contributed by atoms with van der Waals surface area (Å²) in [5, 5.41) is 12.0. The molecule has 0 unspecified atom stereocenters. The SMILES string of the molecule is CCC(C)(C)n1nnnc1-c1cc(OC)c(OC)cc1N. The Labute approximate surface area is 124 Å². The van der Waals surface area contributed by atoms with Crippen LogP contribution in [-0.2, 0) is 5.54 Å². The maximum atomic E-state index is 6.12. The van der Waals surface area contributed by atoms with E-state index in [0.717, 1.165) is 12.0 Å². The molecule has 1 aromatic heterocycles. The van der Waals surface area contributed by atoms with Crippen molar-refractivity contribution < 1.29 is 9.47 Å². The van der Waals surface area contributed by atoms with Gasteiger partial charge in [-0.05, 0) is 36.8 Å². The van der Waals surface area contributed by atoms with Gasteiger partial charge in [0.1, 0.15) is 0 Å². The first kappa shape index (κ1) is 15.1. The van der Waals surface area contributed by atoms with Crippen molar-refractivity contribution in [2.75, 3.05) is 20.0 Å². The van der Waals surface area contributed by atoms with Crippen molar-refractivity contribution in [2.45, 2.75) is 32.7 Å². The van der Waals surface area contributed by atoms with Crippen LogP contribution >= 0.6 is 0 Å². The average molecular weight is 291 g/mol. The Kier molecular flexibility index (Phi) is 4.02.